The van der Waals surface area contributed by atoms with Gasteiger partial charge in [-0.2, -0.15) is 0 Å². The number of amides is 1. The van der Waals surface area contributed by atoms with Crippen molar-refractivity contribution in [3.05, 3.63) is 0 Å². The van der Waals surface area contributed by atoms with E-state index >= 15 is 0 Å². The summed E-state index contributed by atoms with van der Waals surface area (Å²) in [5, 5.41) is 43.1. The van der Waals surface area contributed by atoms with Crippen LogP contribution in [0.2, 0.25) is 0 Å². The Morgan fingerprint density at radius 3 is 2.45 bits per heavy atom. The molecule has 2 heterocycles. The molecule has 2 fully saturated rings. The zero-order chi connectivity index (χ0) is 23.3. The van der Waals surface area contributed by atoms with Crippen LogP contribution in [0.15, 0.2) is 0 Å². The van der Waals surface area contributed by atoms with Gasteiger partial charge in [0, 0.05) is 19.5 Å². The maximum absolute atomic E-state index is 13.1. The Hall–Kier alpha value is -0.560. The minimum Gasteiger partial charge on any atom is -0.395 e. The van der Waals surface area contributed by atoms with Gasteiger partial charge in [-0.15, -0.1) is 11.8 Å². The molecule has 8 atom stereocenters. The van der Waals surface area contributed by atoms with E-state index in [1.807, 2.05) is 13.8 Å². The van der Waals surface area contributed by atoms with E-state index in [0.717, 1.165) is 0 Å². The molecular weight excluding hydrogens is 434 g/mol. The summed E-state index contributed by atoms with van der Waals surface area (Å²) in [5.41, 5.74) is -0.752. The number of carbonyl (C=O) groups excluding carboxylic acids is 1. The van der Waals surface area contributed by atoms with E-state index in [9.17, 15) is 34.0 Å². The summed E-state index contributed by atoms with van der Waals surface area (Å²) in [7, 11) is 0. The predicted octanol–water partition coefficient (Wildman–Crippen LogP) is 0.0259. The summed E-state index contributed by atoms with van der Waals surface area (Å²) in [6, 6.07) is -1.22. The van der Waals surface area contributed by atoms with Crippen molar-refractivity contribution in [2.75, 3.05) is 26.0 Å². The van der Waals surface area contributed by atoms with Crippen molar-refractivity contribution in [3.8, 4) is 0 Å². The number of hydrogen-bond donors (Lipinski definition) is 5. The average Bonchev–Trinajstić information content (AvgIpc) is 3.12. The summed E-state index contributed by atoms with van der Waals surface area (Å²) in [6.07, 6.45) is -5.17. The highest BCUT2D eigenvalue weighted by Gasteiger charge is 2.48. The molecule has 0 unspecified atom stereocenters. The van der Waals surface area contributed by atoms with Crippen LogP contribution in [0.4, 0.5) is 8.78 Å². The minimum absolute atomic E-state index is 0.0665. The summed E-state index contributed by atoms with van der Waals surface area (Å²) in [4.78, 5) is 14.9. The van der Waals surface area contributed by atoms with Crippen molar-refractivity contribution in [1.29, 1.82) is 0 Å². The second-order valence-electron chi connectivity index (χ2n) is 8.76. The molecule has 0 aromatic rings. The second kappa shape index (κ2) is 12.1. The minimum atomic E-state index is -2.39. The van der Waals surface area contributed by atoms with Crippen LogP contribution in [0.5, 0.6) is 0 Å². The fraction of sp³-hybridized carbons (Fsp3) is 0.950. The predicted molar refractivity (Wildman–Crippen MR) is 113 cm³/mol. The Morgan fingerprint density at radius 2 is 1.90 bits per heavy atom. The van der Waals surface area contributed by atoms with Crippen molar-refractivity contribution in [2.45, 2.75) is 81.5 Å². The second-order valence-corrected chi connectivity index (χ2v) is 9.70. The number of aliphatic hydroxyl groups is 4. The number of hydrogen-bond acceptors (Lipinski definition) is 8. The third-order valence-corrected chi connectivity index (χ3v) is 7.05. The van der Waals surface area contributed by atoms with Crippen LogP contribution in [0.1, 0.15) is 33.1 Å². The number of ether oxygens (including phenoxy) is 1. The monoisotopic (exact) mass is 470 g/mol. The molecule has 0 radical (unpaired) electrons. The molecule has 1 amide bonds. The van der Waals surface area contributed by atoms with Crippen molar-refractivity contribution in [1.82, 2.24) is 10.2 Å². The van der Waals surface area contributed by atoms with Crippen molar-refractivity contribution < 1.29 is 38.7 Å². The first-order valence-electron chi connectivity index (χ1n) is 10.8. The largest absolute Gasteiger partial charge is 0.395 e. The molecule has 0 spiro atoms. The number of aliphatic hydroxyl groups excluding tert-OH is 4. The number of nitrogens with one attached hydrogen (secondary N) is 1. The highest BCUT2D eigenvalue weighted by atomic mass is 32.2. The van der Waals surface area contributed by atoms with Crippen molar-refractivity contribution in [3.63, 3.8) is 0 Å². The lowest BCUT2D eigenvalue weighted by Gasteiger charge is -2.44. The molecular formula is C20H36F2N2O6S. The Kier molecular flexibility index (Phi) is 10.4. The fourth-order valence-corrected chi connectivity index (χ4v) is 5.15. The van der Waals surface area contributed by atoms with Crippen LogP contribution in [0, 0.1) is 11.8 Å². The molecule has 0 bridgehead atoms. The van der Waals surface area contributed by atoms with Crippen LogP contribution in [-0.4, -0.2) is 106 Å². The number of thioether (sulfide) groups is 1. The molecule has 0 saturated carbocycles. The zero-order valence-corrected chi connectivity index (χ0v) is 19.0. The third kappa shape index (κ3) is 6.72. The molecule has 2 rings (SSSR count). The van der Waals surface area contributed by atoms with E-state index in [0.29, 0.717) is 19.4 Å². The molecule has 2 aliphatic heterocycles. The Bertz CT molecular complexity index is 574. The van der Waals surface area contributed by atoms with Gasteiger partial charge in [0.15, 0.2) is 0 Å². The van der Waals surface area contributed by atoms with Gasteiger partial charge in [0.25, 0.3) is 0 Å². The maximum Gasteiger partial charge on any atom is 0.238 e. The van der Waals surface area contributed by atoms with Crippen LogP contribution < -0.4 is 5.32 Å². The first kappa shape index (κ1) is 26.7. The number of alkyl halides is 2. The number of halogens is 2. The average molecular weight is 471 g/mol. The number of nitrogens with zero attached hydrogens (tertiary/aromatic N) is 1. The van der Waals surface area contributed by atoms with E-state index in [-0.39, 0.29) is 37.3 Å². The normalized spacial score (nSPS) is 35.6. The standard InChI is InChI=1S/C20H36F2N2O6S/c1-10(2)14(18-16(27)15(26)17(28)20(30-18)31-3)23-19(29)12-8-11(4-5-13(21)22)9-24(12)6-7-25/h10-18,20,25-28H,4-9H2,1-3H3,(H,23,29)/t11-,12+,14-,15+,16-,17-,18-,20-/m1/s1. The number of β-amino-alcohol motifs (C(OH)–C–C–N with tert-alkyl or cyclic N) is 1. The van der Waals surface area contributed by atoms with Gasteiger partial charge in [0.1, 0.15) is 29.9 Å². The van der Waals surface area contributed by atoms with Gasteiger partial charge in [-0.05, 0) is 30.9 Å². The number of likely N-dealkylation sites (tertiary alicyclic amines) is 1. The van der Waals surface area contributed by atoms with E-state index in [4.69, 9.17) is 4.74 Å². The molecule has 182 valence electrons. The SMILES string of the molecule is CS[C@H]1O[C@H]([C@H](NC(=O)[C@@H]2C[C@@H](CCC(F)F)CN2CCO)C(C)C)[C@H](O)[C@H](O)[C@H]1O. The van der Waals surface area contributed by atoms with Crippen LogP contribution in [-0.2, 0) is 9.53 Å². The first-order valence-corrected chi connectivity index (χ1v) is 12.0. The fourth-order valence-electron chi connectivity index (χ4n) is 4.47. The lowest BCUT2D eigenvalue weighted by atomic mass is 9.88. The first-order chi connectivity index (χ1) is 14.6. The molecule has 2 aliphatic rings. The molecule has 11 heteroatoms. The molecule has 5 N–H and O–H groups in total. The van der Waals surface area contributed by atoms with Crippen molar-refractivity contribution >= 4 is 17.7 Å². The number of rotatable bonds is 10. The van der Waals surface area contributed by atoms with Gasteiger partial charge < -0.3 is 30.5 Å². The van der Waals surface area contributed by atoms with Gasteiger partial charge in [-0.1, -0.05) is 13.8 Å². The highest BCUT2D eigenvalue weighted by molar-refractivity contribution is 7.99. The molecule has 8 nitrogen and oxygen atoms in total. The molecule has 0 aliphatic carbocycles. The Balaban J connectivity index is 2.11. The molecule has 31 heavy (non-hydrogen) atoms. The van der Waals surface area contributed by atoms with E-state index in [1.54, 1.807) is 11.2 Å². The van der Waals surface area contributed by atoms with Gasteiger partial charge in [0.05, 0.1) is 18.7 Å². The molecule has 2 saturated heterocycles. The third-order valence-electron chi connectivity index (χ3n) is 6.19. The van der Waals surface area contributed by atoms with Crippen LogP contribution in [0.3, 0.4) is 0 Å². The Morgan fingerprint density at radius 1 is 1.23 bits per heavy atom. The molecule has 0 aromatic heterocycles. The summed E-state index contributed by atoms with van der Waals surface area (Å²) < 4.78 is 31.0. The van der Waals surface area contributed by atoms with Gasteiger partial charge in [-0.3, -0.25) is 9.69 Å². The zero-order valence-electron chi connectivity index (χ0n) is 18.2. The summed E-state index contributed by atoms with van der Waals surface area (Å²) >= 11 is 1.20. The van der Waals surface area contributed by atoms with Gasteiger partial charge >= 0.3 is 0 Å². The lowest BCUT2D eigenvalue weighted by molar-refractivity contribution is -0.208. The van der Waals surface area contributed by atoms with E-state index < -0.39 is 48.4 Å². The highest BCUT2D eigenvalue weighted by Crippen LogP contribution is 2.32. The maximum atomic E-state index is 13.1. The summed E-state index contributed by atoms with van der Waals surface area (Å²) in [6.45, 7) is 4.26. The van der Waals surface area contributed by atoms with Gasteiger partial charge in [-0.25, -0.2) is 8.78 Å². The Labute approximate surface area is 186 Å². The van der Waals surface area contributed by atoms with Gasteiger partial charge in [0.2, 0.25) is 12.3 Å². The van der Waals surface area contributed by atoms with Crippen LogP contribution >= 0.6 is 11.8 Å². The van der Waals surface area contributed by atoms with E-state index in [2.05, 4.69) is 5.32 Å². The topological polar surface area (TPSA) is 122 Å². The van der Waals surface area contributed by atoms with E-state index in [1.165, 1.54) is 11.8 Å². The number of carbonyl (C=O) groups is 1. The smallest absolute Gasteiger partial charge is 0.238 e. The quantitative estimate of drug-likeness (QED) is 0.303. The molecule has 0 aromatic carbocycles. The van der Waals surface area contributed by atoms with Crippen molar-refractivity contribution in [2.24, 2.45) is 11.8 Å². The van der Waals surface area contributed by atoms with Crippen LogP contribution in [0.25, 0.3) is 0 Å². The summed E-state index contributed by atoms with van der Waals surface area (Å²) in [5.74, 6) is -0.553. The lowest BCUT2D eigenvalue weighted by Crippen LogP contribution is -2.64.